The molecule has 0 aliphatic heterocycles. The second-order valence-electron chi connectivity index (χ2n) is 10.9. The van der Waals surface area contributed by atoms with Crippen LogP contribution >= 0.6 is 11.6 Å². The van der Waals surface area contributed by atoms with Crippen molar-refractivity contribution in [3.63, 3.8) is 0 Å². The lowest BCUT2D eigenvalue weighted by molar-refractivity contribution is -0.152. The van der Waals surface area contributed by atoms with Gasteiger partial charge >= 0.3 is 0 Å². The highest BCUT2D eigenvalue weighted by Crippen LogP contribution is 2.63. The highest BCUT2D eigenvalue weighted by Gasteiger charge is 2.58. The van der Waals surface area contributed by atoms with Crippen LogP contribution in [-0.4, -0.2) is 25.6 Å². The van der Waals surface area contributed by atoms with E-state index in [1.807, 2.05) is 0 Å². The zero-order chi connectivity index (χ0) is 23.6. The minimum absolute atomic E-state index is 0.114. The number of halogens is 2. The number of ketones is 1. The van der Waals surface area contributed by atoms with Crippen molar-refractivity contribution in [2.45, 2.75) is 74.6 Å². The molecule has 5 aliphatic rings. The third-order valence-corrected chi connectivity index (χ3v) is 10.8. The first kappa shape index (κ1) is 23.2. The number of hydrogen-bond acceptors (Lipinski definition) is 4. The Labute approximate surface area is 198 Å². The maximum Gasteiger partial charge on any atom is 0.244 e. The van der Waals surface area contributed by atoms with Crippen molar-refractivity contribution in [1.82, 2.24) is 4.72 Å². The van der Waals surface area contributed by atoms with Gasteiger partial charge in [-0.15, -0.1) is 0 Å². The number of carbonyl (C=O) groups is 2. The lowest BCUT2D eigenvalue weighted by atomic mass is 9.45. The van der Waals surface area contributed by atoms with Gasteiger partial charge in [-0.05, 0) is 80.8 Å². The predicted octanol–water partition coefficient (Wildman–Crippen LogP) is 3.96. The Balaban J connectivity index is 1.38. The second-order valence-corrected chi connectivity index (χ2v) is 12.9. The molecule has 0 aromatic heterocycles. The van der Waals surface area contributed by atoms with E-state index in [1.54, 1.807) is 0 Å². The van der Waals surface area contributed by atoms with E-state index in [0.29, 0.717) is 18.8 Å². The van der Waals surface area contributed by atoms with E-state index >= 15 is 0 Å². The molecule has 0 heterocycles. The summed E-state index contributed by atoms with van der Waals surface area (Å²) >= 11 is 5.80. The molecular formula is C24H30ClFN2O4S. The summed E-state index contributed by atoms with van der Waals surface area (Å²) in [5, 5.41) is -0.276. The van der Waals surface area contributed by atoms with Crippen LogP contribution in [0.3, 0.4) is 0 Å². The molecule has 0 spiro atoms. The molecule has 1 amide bonds. The van der Waals surface area contributed by atoms with Crippen LogP contribution in [0.2, 0.25) is 5.02 Å². The van der Waals surface area contributed by atoms with Crippen molar-refractivity contribution in [3.05, 3.63) is 29.0 Å². The van der Waals surface area contributed by atoms with Crippen LogP contribution in [0.1, 0.15) is 64.2 Å². The first-order chi connectivity index (χ1) is 15.6. The second kappa shape index (κ2) is 8.02. The van der Waals surface area contributed by atoms with Gasteiger partial charge in [-0.1, -0.05) is 30.5 Å². The minimum Gasteiger partial charge on any atom is -0.369 e. The molecule has 0 radical (unpaired) electrons. The first-order valence-corrected chi connectivity index (χ1v) is 13.7. The van der Waals surface area contributed by atoms with Crippen LogP contribution in [0.15, 0.2) is 23.1 Å². The Morgan fingerprint density at radius 1 is 1.12 bits per heavy atom. The van der Waals surface area contributed by atoms with Crippen LogP contribution < -0.4 is 10.5 Å². The molecule has 5 fully saturated rings. The number of nitrogens with one attached hydrogen (secondary N) is 1. The summed E-state index contributed by atoms with van der Waals surface area (Å²) in [6.07, 6.45) is 6.92. The summed E-state index contributed by atoms with van der Waals surface area (Å²) in [5.41, 5.74) is 4.14. The van der Waals surface area contributed by atoms with E-state index in [-0.39, 0.29) is 40.9 Å². The van der Waals surface area contributed by atoms with Gasteiger partial charge in [-0.25, -0.2) is 12.8 Å². The monoisotopic (exact) mass is 496 g/mol. The van der Waals surface area contributed by atoms with E-state index in [9.17, 15) is 22.4 Å². The summed E-state index contributed by atoms with van der Waals surface area (Å²) in [4.78, 5) is 25.4. The van der Waals surface area contributed by atoms with Gasteiger partial charge in [0, 0.05) is 11.8 Å². The molecule has 3 N–H and O–H groups in total. The molecule has 2 atom stereocenters. The first-order valence-electron chi connectivity index (χ1n) is 11.9. The molecule has 1 aromatic rings. The van der Waals surface area contributed by atoms with Gasteiger partial charge < -0.3 is 5.73 Å². The summed E-state index contributed by atoms with van der Waals surface area (Å²) in [6.45, 7) is 0. The van der Waals surface area contributed by atoms with Gasteiger partial charge in [0.25, 0.3) is 0 Å². The molecule has 0 saturated heterocycles. The van der Waals surface area contributed by atoms with E-state index in [1.165, 1.54) is 12.1 Å². The molecule has 5 saturated carbocycles. The largest absolute Gasteiger partial charge is 0.369 e. The fourth-order valence-corrected chi connectivity index (χ4v) is 9.37. The number of nitrogens with two attached hydrogens (primary N) is 1. The quantitative estimate of drug-likeness (QED) is 0.595. The van der Waals surface area contributed by atoms with Gasteiger partial charge in [-0.2, -0.15) is 4.72 Å². The Hall–Kier alpha value is -1.51. The number of amides is 1. The topological polar surface area (TPSA) is 106 Å². The Bertz CT molecular complexity index is 1090. The van der Waals surface area contributed by atoms with Crippen LogP contribution in [-0.2, 0) is 19.6 Å². The summed E-state index contributed by atoms with van der Waals surface area (Å²) in [7, 11) is -4.27. The highest BCUT2D eigenvalue weighted by atomic mass is 35.5. The number of benzene rings is 1. The molecule has 180 valence electrons. The molecule has 6 nitrogen and oxygen atoms in total. The molecular weight excluding hydrogens is 467 g/mol. The number of rotatable bonds is 7. The van der Waals surface area contributed by atoms with Gasteiger partial charge in [0.1, 0.15) is 4.90 Å². The van der Waals surface area contributed by atoms with Crippen LogP contribution in [0.25, 0.3) is 0 Å². The minimum atomic E-state index is -4.27. The average Bonchev–Trinajstić information content (AvgIpc) is 3.21. The summed E-state index contributed by atoms with van der Waals surface area (Å²) < 4.78 is 43.3. The SMILES string of the molecule is NC(=O)C12CC3CC(C1)C(CC(=O)C1(NS(=O)(=O)c4cccc(Cl)c4F)CCCC1)C(C3)C2. The van der Waals surface area contributed by atoms with Gasteiger partial charge in [-0.3, -0.25) is 9.59 Å². The van der Waals surface area contributed by atoms with Gasteiger partial charge in [0.2, 0.25) is 15.9 Å². The Kier molecular flexibility index (Phi) is 5.65. The number of Topliss-reactive ketones (excluding diaryl/α,β-unsaturated/α-hetero) is 1. The highest BCUT2D eigenvalue weighted by molar-refractivity contribution is 7.89. The number of sulfonamides is 1. The molecule has 5 aliphatic carbocycles. The van der Waals surface area contributed by atoms with Crippen LogP contribution in [0.5, 0.6) is 0 Å². The molecule has 1 aromatic carbocycles. The van der Waals surface area contributed by atoms with Crippen molar-refractivity contribution in [2.75, 3.05) is 0 Å². The summed E-state index contributed by atoms with van der Waals surface area (Å²) in [5.74, 6) is -0.157. The third kappa shape index (κ3) is 3.82. The Morgan fingerprint density at radius 3 is 2.36 bits per heavy atom. The van der Waals surface area contributed by atoms with Crippen molar-refractivity contribution >= 4 is 33.3 Å². The zero-order valence-corrected chi connectivity index (χ0v) is 20.1. The number of carbonyl (C=O) groups excluding carboxylic acids is 2. The fraction of sp³-hybridized carbons (Fsp3) is 0.667. The van der Waals surface area contributed by atoms with Crippen LogP contribution in [0.4, 0.5) is 4.39 Å². The van der Waals surface area contributed by atoms with E-state index in [0.717, 1.165) is 51.0 Å². The smallest absolute Gasteiger partial charge is 0.244 e. The standard InChI is InChI=1S/C24H30ClFN2O4S/c25-18-4-3-5-19(21(18)26)33(31,32)28-24(6-1-2-7-24)20(29)10-17-15-8-14-9-16(17)13-23(11-14,12-15)22(27)30/h3-5,14-17,28H,1-2,6-13H2,(H2,27,30). The molecule has 6 rings (SSSR count). The van der Waals surface area contributed by atoms with Crippen molar-refractivity contribution in [3.8, 4) is 0 Å². The molecule has 4 bridgehead atoms. The van der Waals surface area contributed by atoms with Gasteiger partial charge in [0.15, 0.2) is 11.6 Å². The lowest BCUT2D eigenvalue weighted by Gasteiger charge is -2.59. The van der Waals surface area contributed by atoms with E-state index < -0.39 is 31.7 Å². The fourth-order valence-electron chi connectivity index (χ4n) is 7.59. The van der Waals surface area contributed by atoms with Crippen LogP contribution in [0, 0.1) is 34.9 Å². The summed E-state index contributed by atoms with van der Waals surface area (Å²) in [6, 6.07) is 3.83. The average molecular weight is 497 g/mol. The lowest BCUT2D eigenvalue weighted by Crippen LogP contribution is -2.58. The van der Waals surface area contributed by atoms with E-state index in [4.69, 9.17) is 17.3 Å². The normalized spacial score (nSPS) is 34.5. The van der Waals surface area contributed by atoms with E-state index in [2.05, 4.69) is 4.72 Å². The molecule has 2 unspecified atom stereocenters. The molecule has 33 heavy (non-hydrogen) atoms. The van der Waals surface area contributed by atoms with Gasteiger partial charge in [0.05, 0.1) is 10.6 Å². The maximum atomic E-state index is 14.5. The zero-order valence-electron chi connectivity index (χ0n) is 18.5. The third-order valence-electron chi connectivity index (χ3n) is 8.94. The van der Waals surface area contributed by atoms with Crippen molar-refractivity contribution < 1.29 is 22.4 Å². The number of primary amides is 1. The van der Waals surface area contributed by atoms with Crippen molar-refractivity contribution in [1.29, 1.82) is 0 Å². The maximum absolute atomic E-state index is 14.5. The Morgan fingerprint density at radius 2 is 1.76 bits per heavy atom. The predicted molar refractivity (Wildman–Crippen MR) is 121 cm³/mol. The van der Waals surface area contributed by atoms with Crippen molar-refractivity contribution in [2.24, 2.45) is 34.8 Å². The molecule has 9 heteroatoms. The number of hydrogen-bond donors (Lipinski definition) is 2.